The van der Waals surface area contributed by atoms with Gasteiger partial charge in [-0.2, -0.15) is 0 Å². The van der Waals surface area contributed by atoms with Gasteiger partial charge < -0.3 is 4.42 Å². The van der Waals surface area contributed by atoms with Crippen LogP contribution >= 0.6 is 24.2 Å². The molecule has 2 aromatic carbocycles. The quantitative estimate of drug-likeness (QED) is 0.495. The second-order valence-corrected chi connectivity index (χ2v) is 4.91. The third kappa shape index (κ3) is 3.84. The van der Waals surface area contributed by atoms with Crippen LogP contribution in [0.3, 0.4) is 0 Å². The summed E-state index contributed by atoms with van der Waals surface area (Å²) in [6.07, 6.45) is 0. The predicted molar refractivity (Wildman–Crippen MR) is 99.1 cm³/mol. The topological polar surface area (TPSA) is 26.0 Å². The van der Waals surface area contributed by atoms with E-state index in [0.717, 1.165) is 21.5 Å². The standard InChI is InChI=1S/C14H10ClNOS.2C2H6/c1-8-7-10-12(11(15)13(8)18)17-14(16-10)9-5-3-2-4-6-9;2*1-2/h2-7,18H,1H3;2*1-2H3. The molecule has 0 radical (unpaired) electrons. The SMILES string of the molecule is CC.CC.Cc1cc2nc(-c3ccccc3)oc2c(Cl)c1S. The van der Waals surface area contributed by atoms with Crippen LogP contribution < -0.4 is 0 Å². The van der Waals surface area contributed by atoms with Gasteiger partial charge in [-0.25, -0.2) is 4.98 Å². The molecule has 0 spiro atoms. The first-order valence-electron chi connectivity index (χ1n) is 7.51. The Labute approximate surface area is 142 Å². The summed E-state index contributed by atoms with van der Waals surface area (Å²) >= 11 is 10.6. The average molecular weight is 336 g/mol. The lowest BCUT2D eigenvalue weighted by Gasteiger charge is -2.00. The summed E-state index contributed by atoms with van der Waals surface area (Å²) in [7, 11) is 0. The highest BCUT2D eigenvalue weighted by molar-refractivity contribution is 7.80. The molecule has 4 heteroatoms. The number of hydrogen-bond donors (Lipinski definition) is 1. The zero-order valence-electron chi connectivity index (χ0n) is 13.6. The highest BCUT2D eigenvalue weighted by atomic mass is 35.5. The molecular weight excluding hydrogens is 314 g/mol. The van der Waals surface area contributed by atoms with Crippen molar-refractivity contribution in [2.75, 3.05) is 0 Å². The number of halogens is 1. The van der Waals surface area contributed by atoms with Gasteiger partial charge in [0.05, 0.1) is 5.02 Å². The van der Waals surface area contributed by atoms with Gasteiger partial charge in [0.15, 0.2) is 5.58 Å². The molecule has 0 bridgehead atoms. The first-order chi connectivity index (χ1) is 10.7. The first-order valence-corrected chi connectivity index (χ1v) is 8.33. The Hall–Kier alpha value is -1.45. The van der Waals surface area contributed by atoms with Crippen molar-refractivity contribution >= 4 is 35.3 Å². The largest absolute Gasteiger partial charge is 0.434 e. The summed E-state index contributed by atoms with van der Waals surface area (Å²) < 4.78 is 5.73. The van der Waals surface area contributed by atoms with E-state index in [1.807, 2.05) is 71.0 Å². The maximum Gasteiger partial charge on any atom is 0.227 e. The molecule has 0 aliphatic rings. The van der Waals surface area contributed by atoms with Crippen molar-refractivity contribution in [1.82, 2.24) is 4.98 Å². The van der Waals surface area contributed by atoms with Gasteiger partial charge in [-0.05, 0) is 30.7 Å². The van der Waals surface area contributed by atoms with Gasteiger partial charge in [0, 0.05) is 10.5 Å². The zero-order valence-corrected chi connectivity index (χ0v) is 15.3. The second kappa shape index (κ2) is 8.86. The van der Waals surface area contributed by atoms with E-state index in [2.05, 4.69) is 17.6 Å². The van der Waals surface area contributed by atoms with Crippen LogP contribution in [0.25, 0.3) is 22.6 Å². The van der Waals surface area contributed by atoms with Crippen LogP contribution in [0.1, 0.15) is 33.3 Å². The molecule has 0 saturated carbocycles. The Morgan fingerprint density at radius 2 is 1.64 bits per heavy atom. The Kier molecular flexibility index (Phi) is 7.49. The van der Waals surface area contributed by atoms with Crippen LogP contribution in [0.15, 0.2) is 45.7 Å². The number of fused-ring (bicyclic) bond motifs is 1. The van der Waals surface area contributed by atoms with Gasteiger partial charge in [-0.1, -0.05) is 57.5 Å². The number of hydrogen-bond acceptors (Lipinski definition) is 3. The number of thiol groups is 1. The summed E-state index contributed by atoms with van der Waals surface area (Å²) in [5.74, 6) is 0.575. The van der Waals surface area contributed by atoms with Crippen LogP contribution in [0.2, 0.25) is 5.02 Å². The predicted octanol–water partition coefficient (Wildman–Crippen LogP) is 6.80. The molecule has 118 valence electrons. The molecule has 0 amide bonds. The van der Waals surface area contributed by atoms with E-state index >= 15 is 0 Å². The van der Waals surface area contributed by atoms with Gasteiger partial charge >= 0.3 is 0 Å². The molecule has 0 aliphatic heterocycles. The van der Waals surface area contributed by atoms with Crippen molar-refractivity contribution in [2.45, 2.75) is 39.5 Å². The van der Waals surface area contributed by atoms with Crippen molar-refractivity contribution in [3.63, 3.8) is 0 Å². The van der Waals surface area contributed by atoms with Crippen molar-refractivity contribution in [3.05, 3.63) is 47.0 Å². The maximum absolute atomic E-state index is 6.22. The molecule has 1 heterocycles. The fourth-order valence-electron chi connectivity index (χ4n) is 1.85. The van der Waals surface area contributed by atoms with Gasteiger partial charge in [-0.15, -0.1) is 12.6 Å². The first kappa shape index (κ1) is 18.6. The van der Waals surface area contributed by atoms with E-state index in [-0.39, 0.29) is 0 Å². The van der Waals surface area contributed by atoms with Crippen molar-refractivity contribution in [1.29, 1.82) is 0 Å². The van der Waals surface area contributed by atoms with Crippen molar-refractivity contribution < 1.29 is 4.42 Å². The number of rotatable bonds is 1. The summed E-state index contributed by atoms with van der Waals surface area (Å²) in [4.78, 5) is 5.20. The average Bonchev–Trinajstić information content (AvgIpc) is 3.01. The summed E-state index contributed by atoms with van der Waals surface area (Å²) in [6.45, 7) is 9.95. The lowest BCUT2D eigenvalue weighted by molar-refractivity contribution is 0.619. The van der Waals surface area contributed by atoms with Gasteiger partial charge in [0.25, 0.3) is 0 Å². The van der Waals surface area contributed by atoms with E-state index in [9.17, 15) is 0 Å². The Balaban J connectivity index is 0.000000561. The highest BCUT2D eigenvalue weighted by Crippen LogP contribution is 2.35. The maximum atomic E-state index is 6.22. The normalized spacial score (nSPS) is 9.59. The van der Waals surface area contributed by atoms with Crippen LogP contribution in [0.5, 0.6) is 0 Å². The number of nitrogens with zero attached hydrogens (tertiary/aromatic N) is 1. The van der Waals surface area contributed by atoms with Crippen LogP contribution in [-0.2, 0) is 0 Å². The fraction of sp³-hybridized carbons (Fsp3) is 0.278. The van der Waals surface area contributed by atoms with E-state index in [0.29, 0.717) is 16.5 Å². The van der Waals surface area contributed by atoms with E-state index in [4.69, 9.17) is 16.0 Å². The second-order valence-electron chi connectivity index (χ2n) is 4.09. The minimum absolute atomic E-state index is 0.517. The lowest BCUT2D eigenvalue weighted by atomic mass is 10.2. The Bertz CT molecular complexity index is 723. The summed E-state index contributed by atoms with van der Waals surface area (Å²) in [5, 5.41) is 0.517. The number of oxazole rings is 1. The zero-order chi connectivity index (χ0) is 16.7. The van der Waals surface area contributed by atoms with E-state index in [1.54, 1.807) is 0 Å². The van der Waals surface area contributed by atoms with Crippen LogP contribution in [0.4, 0.5) is 0 Å². The molecule has 3 aromatic rings. The van der Waals surface area contributed by atoms with Gasteiger partial charge in [0.2, 0.25) is 5.89 Å². The van der Waals surface area contributed by atoms with Crippen LogP contribution in [0, 0.1) is 6.92 Å². The molecule has 0 aliphatic carbocycles. The summed E-state index contributed by atoms with van der Waals surface area (Å²) in [6, 6.07) is 11.7. The number of aromatic nitrogens is 1. The lowest BCUT2D eigenvalue weighted by Crippen LogP contribution is -1.79. The number of aryl methyl sites for hydroxylation is 1. The van der Waals surface area contributed by atoms with Crippen molar-refractivity contribution in [2.24, 2.45) is 0 Å². The molecule has 22 heavy (non-hydrogen) atoms. The smallest absolute Gasteiger partial charge is 0.227 e. The Morgan fingerprint density at radius 1 is 1.05 bits per heavy atom. The van der Waals surface area contributed by atoms with Gasteiger partial charge in [-0.3, -0.25) is 0 Å². The minimum atomic E-state index is 0.517. The minimum Gasteiger partial charge on any atom is -0.434 e. The number of benzene rings is 2. The highest BCUT2D eigenvalue weighted by Gasteiger charge is 2.14. The van der Waals surface area contributed by atoms with Gasteiger partial charge in [0.1, 0.15) is 5.52 Å². The van der Waals surface area contributed by atoms with Crippen molar-refractivity contribution in [3.8, 4) is 11.5 Å². The van der Waals surface area contributed by atoms with Crippen LogP contribution in [-0.4, -0.2) is 4.98 Å². The molecule has 1 aromatic heterocycles. The third-order valence-electron chi connectivity index (χ3n) is 2.81. The summed E-state index contributed by atoms with van der Waals surface area (Å²) in [5.41, 5.74) is 3.27. The molecule has 0 unspecified atom stereocenters. The monoisotopic (exact) mass is 335 g/mol. The van der Waals surface area contributed by atoms with E-state index in [1.165, 1.54) is 0 Å². The molecule has 0 N–H and O–H groups in total. The van der Waals surface area contributed by atoms with E-state index < -0.39 is 0 Å². The Morgan fingerprint density at radius 3 is 2.23 bits per heavy atom. The molecule has 0 atom stereocenters. The fourth-order valence-corrected chi connectivity index (χ4v) is 2.30. The molecule has 3 rings (SSSR count). The molecule has 0 saturated heterocycles. The molecule has 2 nitrogen and oxygen atoms in total. The molecular formula is C18H22ClNOS. The molecule has 0 fully saturated rings. The third-order valence-corrected chi connectivity index (χ3v) is 3.88.